The largest absolute Gasteiger partial charge is 0.497 e. The molecule has 22 heavy (non-hydrogen) atoms. The van der Waals surface area contributed by atoms with Gasteiger partial charge in [0.2, 0.25) is 0 Å². The highest BCUT2D eigenvalue weighted by Crippen LogP contribution is 2.20. The smallest absolute Gasteiger partial charge is 0.171 e. The summed E-state index contributed by atoms with van der Waals surface area (Å²) in [7, 11) is 1.63. The summed E-state index contributed by atoms with van der Waals surface area (Å²) >= 11 is 11.0. The highest BCUT2D eigenvalue weighted by molar-refractivity contribution is 7.80. The molecule has 3 nitrogen and oxygen atoms in total. The molecule has 2 aromatic carbocycles. The van der Waals surface area contributed by atoms with Gasteiger partial charge in [-0.1, -0.05) is 23.7 Å². The van der Waals surface area contributed by atoms with Gasteiger partial charge in [0, 0.05) is 5.69 Å². The second-order valence-corrected chi connectivity index (χ2v) is 5.54. The normalized spacial score (nSPS) is 11.6. The third-order valence-electron chi connectivity index (χ3n) is 3.14. The SMILES string of the molecule is COc1ccc([C@@H](C)NC(=S)Nc2ccc(F)c(Cl)c2)cc1. The fourth-order valence-corrected chi connectivity index (χ4v) is 2.39. The van der Waals surface area contributed by atoms with Gasteiger partial charge < -0.3 is 15.4 Å². The molecule has 0 unspecified atom stereocenters. The molecule has 0 fully saturated rings. The van der Waals surface area contributed by atoms with E-state index in [4.69, 9.17) is 28.6 Å². The standard InChI is InChI=1S/C16H16ClFN2OS/c1-10(11-3-6-13(21-2)7-4-11)19-16(22)20-12-5-8-15(18)14(17)9-12/h3-10H,1-2H3,(H2,19,20,22)/t10-/m1/s1. The maximum Gasteiger partial charge on any atom is 0.171 e. The number of hydrogen-bond donors (Lipinski definition) is 2. The average Bonchev–Trinajstić information content (AvgIpc) is 2.51. The Morgan fingerprint density at radius 3 is 2.50 bits per heavy atom. The molecule has 0 aliphatic rings. The molecule has 116 valence electrons. The Bertz CT molecular complexity index is 664. The summed E-state index contributed by atoms with van der Waals surface area (Å²) in [6.07, 6.45) is 0. The Hall–Kier alpha value is -1.85. The van der Waals surface area contributed by atoms with Crippen LogP contribution < -0.4 is 15.4 Å². The van der Waals surface area contributed by atoms with Crippen LogP contribution in [-0.4, -0.2) is 12.2 Å². The van der Waals surface area contributed by atoms with E-state index in [1.54, 1.807) is 13.2 Å². The van der Waals surface area contributed by atoms with Crippen LogP contribution in [0.25, 0.3) is 0 Å². The highest BCUT2D eigenvalue weighted by Gasteiger charge is 2.08. The van der Waals surface area contributed by atoms with Crippen molar-refractivity contribution in [2.24, 2.45) is 0 Å². The lowest BCUT2D eigenvalue weighted by Gasteiger charge is -2.18. The summed E-state index contributed by atoms with van der Waals surface area (Å²) in [5.41, 5.74) is 1.70. The monoisotopic (exact) mass is 338 g/mol. The van der Waals surface area contributed by atoms with Gasteiger partial charge in [0.05, 0.1) is 18.2 Å². The Labute approximate surface area is 139 Å². The van der Waals surface area contributed by atoms with E-state index in [0.29, 0.717) is 10.8 Å². The predicted molar refractivity (Wildman–Crippen MR) is 92.2 cm³/mol. The molecule has 2 N–H and O–H groups in total. The molecule has 0 aliphatic carbocycles. The van der Waals surface area contributed by atoms with Crippen molar-refractivity contribution in [3.63, 3.8) is 0 Å². The number of anilines is 1. The number of nitrogens with one attached hydrogen (secondary N) is 2. The van der Waals surface area contributed by atoms with E-state index >= 15 is 0 Å². The van der Waals surface area contributed by atoms with E-state index < -0.39 is 5.82 Å². The maximum atomic E-state index is 13.1. The third kappa shape index (κ3) is 4.32. The number of hydrogen-bond acceptors (Lipinski definition) is 2. The van der Waals surface area contributed by atoms with Crippen LogP contribution in [0.1, 0.15) is 18.5 Å². The van der Waals surface area contributed by atoms with E-state index in [2.05, 4.69) is 10.6 Å². The number of rotatable bonds is 4. The molecule has 0 saturated carbocycles. The molecule has 1 atom stereocenters. The van der Waals surface area contributed by atoms with E-state index in [1.807, 2.05) is 31.2 Å². The van der Waals surface area contributed by atoms with Gasteiger partial charge in [-0.25, -0.2) is 4.39 Å². The second-order valence-electron chi connectivity index (χ2n) is 4.72. The second kappa shape index (κ2) is 7.42. The quantitative estimate of drug-likeness (QED) is 0.802. The van der Waals surface area contributed by atoms with Gasteiger partial charge in [-0.2, -0.15) is 0 Å². The van der Waals surface area contributed by atoms with Crippen LogP contribution in [-0.2, 0) is 0 Å². The minimum atomic E-state index is -0.460. The maximum absolute atomic E-state index is 13.1. The first-order valence-electron chi connectivity index (χ1n) is 6.66. The molecular weight excluding hydrogens is 323 g/mol. The van der Waals surface area contributed by atoms with Crippen molar-refractivity contribution in [1.29, 1.82) is 0 Å². The number of ether oxygens (including phenoxy) is 1. The van der Waals surface area contributed by atoms with Crippen LogP contribution in [0, 0.1) is 5.82 Å². The van der Waals surface area contributed by atoms with Gasteiger partial charge in [0.1, 0.15) is 11.6 Å². The van der Waals surface area contributed by atoms with Gasteiger partial charge in [-0.15, -0.1) is 0 Å². The fraction of sp³-hybridized carbons (Fsp3) is 0.188. The van der Waals surface area contributed by atoms with Gasteiger partial charge in [-0.3, -0.25) is 0 Å². The summed E-state index contributed by atoms with van der Waals surface area (Å²) in [5, 5.41) is 6.62. The van der Waals surface area contributed by atoms with E-state index in [0.717, 1.165) is 11.3 Å². The summed E-state index contributed by atoms with van der Waals surface area (Å²) in [5.74, 6) is 0.343. The van der Waals surface area contributed by atoms with Crippen molar-refractivity contribution < 1.29 is 9.13 Å². The number of halogens is 2. The third-order valence-corrected chi connectivity index (χ3v) is 3.65. The van der Waals surface area contributed by atoms with Crippen LogP contribution in [0.2, 0.25) is 5.02 Å². The van der Waals surface area contributed by atoms with Gasteiger partial charge in [0.25, 0.3) is 0 Å². The molecule has 0 spiro atoms. The molecular formula is C16H16ClFN2OS. The first-order valence-corrected chi connectivity index (χ1v) is 7.44. The van der Waals surface area contributed by atoms with Crippen molar-refractivity contribution in [2.75, 3.05) is 12.4 Å². The minimum Gasteiger partial charge on any atom is -0.497 e. The molecule has 0 bridgehead atoms. The molecule has 6 heteroatoms. The Morgan fingerprint density at radius 2 is 1.91 bits per heavy atom. The Kier molecular flexibility index (Phi) is 5.57. The first-order chi connectivity index (χ1) is 10.5. The molecule has 2 aromatic rings. The Morgan fingerprint density at radius 1 is 1.23 bits per heavy atom. The minimum absolute atomic E-state index is 0.0156. The molecule has 0 aliphatic heterocycles. The van der Waals surface area contributed by atoms with Crippen molar-refractivity contribution in [3.8, 4) is 5.75 Å². The lowest BCUT2D eigenvalue weighted by Crippen LogP contribution is -2.30. The summed E-state index contributed by atoms with van der Waals surface area (Å²) in [6.45, 7) is 1.99. The highest BCUT2D eigenvalue weighted by atomic mass is 35.5. The van der Waals surface area contributed by atoms with E-state index in [9.17, 15) is 4.39 Å². The lowest BCUT2D eigenvalue weighted by molar-refractivity contribution is 0.414. The molecule has 0 aromatic heterocycles. The predicted octanol–water partition coefficient (Wildman–Crippen LogP) is 4.54. The Balaban J connectivity index is 1.96. The van der Waals surface area contributed by atoms with E-state index in [-0.39, 0.29) is 11.1 Å². The lowest BCUT2D eigenvalue weighted by atomic mass is 10.1. The molecule has 2 rings (SSSR count). The number of benzene rings is 2. The van der Waals surface area contributed by atoms with Crippen LogP contribution in [0.5, 0.6) is 5.75 Å². The van der Waals surface area contributed by atoms with Crippen molar-refractivity contribution in [1.82, 2.24) is 5.32 Å². The molecule has 0 radical (unpaired) electrons. The van der Waals surface area contributed by atoms with Gasteiger partial charge in [-0.05, 0) is 55.0 Å². The number of methoxy groups -OCH3 is 1. The zero-order valence-corrected chi connectivity index (χ0v) is 13.8. The molecule has 0 heterocycles. The van der Waals surface area contributed by atoms with Crippen molar-refractivity contribution >= 4 is 34.6 Å². The topological polar surface area (TPSA) is 33.3 Å². The van der Waals surface area contributed by atoms with Crippen LogP contribution >= 0.6 is 23.8 Å². The zero-order chi connectivity index (χ0) is 16.1. The van der Waals surface area contributed by atoms with Gasteiger partial charge >= 0.3 is 0 Å². The number of thiocarbonyl (C=S) groups is 1. The summed E-state index contributed by atoms with van der Waals surface area (Å²) in [6, 6.07) is 12.1. The molecule has 0 saturated heterocycles. The first kappa shape index (κ1) is 16.5. The van der Waals surface area contributed by atoms with Crippen molar-refractivity contribution in [3.05, 3.63) is 58.9 Å². The van der Waals surface area contributed by atoms with E-state index in [1.165, 1.54) is 12.1 Å². The van der Waals surface area contributed by atoms with Crippen LogP contribution in [0.3, 0.4) is 0 Å². The van der Waals surface area contributed by atoms with Gasteiger partial charge in [0.15, 0.2) is 5.11 Å². The summed E-state index contributed by atoms with van der Waals surface area (Å²) in [4.78, 5) is 0. The summed E-state index contributed by atoms with van der Waals surface area (Å²) < 4.78 is 18.2. The molecule has 0 amide bonds. The fourth-order valence-electron chi connectivity index (χ4n) is 1.91. The van der Waals surface area contributed by atoms with Crippen LogP contribution in [0.15, 0.2) is 42.5 Å². The van der Waals surface area contributed by atoms with Crippen molar-refractivity contribution in [2.45, 2.75) is 13.0 Å². The zero-order valence-electron chi connectivity index (χ0n) is 12.2. The van der Waals surface area contributed by atoms with Crippen LogP contribution in [0.4, 0.5) is 10.1 Å². The average molecular weight is 339 g/mol.